The quantitative estimate of drug-likeness (QED) is 0.441. The van der Waals surface area contributed by atoms with Gasteiger partial charge in [-0.25, -0.2) is 4.79 Å². The molecule has 0 bridgehead atoms. The second kappa shape index (κ2) is 8.15. The van der Waals surface area contributed by atoms with Gasteiger partial charge in [0.05, 0.1) is 23.8 Å². The van der Waals surface area contributed by atoms with Crippen molar-refractivity contribution in [1.82, 2.24) is 4.90 Å². The minimum atomic E-state index is -0.568. The number of morpholine rings is 1. The predicted molar refractivity (Wildman–Crippen MR) is 102 cm³/mol. The highest BCUT2D eigenvalue weighted by Crippen LogP contribution is 2.23. The van der Waals surface area contributed by atoms with E-state index in [1.807, 2.05) is 6.07 Å². The second-order valence-corrected chi connectivity index (χ2v) is 6.68. The molecule has 2 aromatic carbocycles. The van der Waals surface area contributed by atoms with E-state index in [9.17, 15) is 4.79 Å². The summed E-state index contributed by atoms with van der Waals surface area (Å²) in [5.74, 6) is -0.170. The molecule has 0 spiro atoms. The largest absolute Gasteiger partial charge is 0.423 e. The molecule has 25 heavy (non-hydrogen) atoms. The van der Waals surface area contributed by atoms with E-state index in [0.29, 0.717) is 29.0 Å². The molecule has 1 saturated heterocycles. The zero-order valence-electron chi connectivity index (χ0n) is 13.2. The Labute approximate surface area is 161 Å². The topological polar surface area (TPSA) is 38.8 Å². The summed E-state index contributed by atoms with van der Waals surface area (Å²) in [5, 5.41) is 0.702. The Bertz CT molecular complexity index is 807. The molecule has 3 rings (SSSR count). The number of nitrogens with zero attached hydrogens (tertiary/aromatic N) is 1. The number of carbonyl (C=O) groups excluding carboxylic acids is 1. The van der Waals surface area contributed by atoms with Crippen LogP contribution in [-0.4, -0.2) is 42.2 Å². The molecule has 0 amide bonds. The number of hydrogen-bond donors (Lipinski definition) is 0. The van der Waals surface area contributed by atoms with Crippen molar-refractivity contribution in [3.05, 3.63) is 63.6 Å². The molecule has 1 aliphatic rings. The molecule has 0 saturated carbocycles. The number of thiocarbonyl (C=S) groups is 1. The van der Waals surface area contributed by atoms with Crippen LogP contribution in [-0.2, 0) is 4.74 Å². The van der Waals surface area contributed by atoms with Crippen molar-refractivity contribution in [2.45, 2.75) is 0 Å². The number of halogens is 2. The second-order valence-electron chi connectivity index (χ2n) is 5.45. The van der Waals surface area contributed by atoms with Gasteiger partial charge < -0.3 is 14.4 Å². The molecule has 0 atom stereocenters. The molecule has 0 aliphatic carbocycles. The van der Waals surface area contributed by atoms with Crippen molar-refractivity contribution >= 4 is 46.4 Å². The van der Waals surface area contributed by atoms with E-state index in [2.05, 4.69) is 4.90 Å². The average molecular weight is 396 g/mol. The lowest BCUT2D eigenvalue weighted by Gasteiger charge is -2.29. The van der Waals surface area contributed by atoms with Crippen molar-refractivity contribution in [3.63, 3.8) is 0 Å². The van der Waals surface area contributed by atoms with E-state index in [0.717, 1.165) is 18.7 Å². The number of rotatable bonds is 3. The van der Waals surface area contributed by atoms with Gasteiger partial charge in [0, 0.05) is 23.7 Å². The number of carbonyl (C=O) groups is 1. The molecule has 130 valence electrons. The Hall–Kier alpha value is -1.66. The van der Waals surface area contributed by atoms with Crippen molar-refractivity contribution in [1.29, 1.82) is 0 Å². The monoisotopic (exact) mass is 395 g/mol. The summed E-state index contributed by atoms with van der Waals surface area (Å²) in [5.41, 5.74) is 1.04. The van der Waals surface area contributed by atoms with Crippen LogP contribution in [0, 0.1) is 0 Å². The molecule has 1 heterocycles. The fourth-order valence-electron chi connectivity index (χ4n) is 2.46. The third kappa shape index (κ3) is 4.50. The van der Waals surface area contributed by atoms with E-state index in [-0.39, 0.29) is 10.6 Å². The molecule has 1 aliphatic heterocycles. The summed E-state index contributed by atoms with van der Waals surface area (Å²) in [4.78, 5) is 15.1. The van der Waals surface area contributed by atoms with Crippen LogP contribution in [0.25, 0.3) is 0 Å². The van der Waals surface area contributed by atoms with Gasteiger partial charge in [0.1, 0.15) is 10.7 Å². The Kier molecular flexibility index (Phi) is 5.91. The van der Waals surface area contributed by atoms with Crippen LogP contribution in [0.1, 0.15) is 15.9 Å². The van der Waals surface area contributed by atoms with Gasteiger partial charge in [-0.15, -0.1) is 0 Å². The van der Waals surface area contributed by atoms with Crippen LogP contribution in [0.15, 0.2) is 42.5 Å². The molecule has 0 radical (unpaired) electrons. The zero-order chi connectivity index (χ0) is 17.8. The van der Waals surface area contributed by atoms with E-state index >= 15 is 0 Å². The van der Waals surface area contributed by atoms with Crippen molar-refractivity contribution < 1.29 is 14.3 Å². The van der Waals surface area contributed by atoms with E-state index < -0.39 is 5.97 Å². The van der Waals surface area contributed by atoms with Gasteiger partial charge in [0.15, 0.2) is 0 Å². The SMILES string of the molecule is O=C(Oc1cccc(C(=S)N2CCOCC2)c1)c1cc(Cl)ccc1Cl. The van der Waals surface area contributed by atoms with Gasteiger partial charge in [-0.2, -0.15) is 0 Å². The van der Waals surface area contributed by atoms with Gasteiger partial charge >= 0.3 is 5.97 Å². The maximum atomic E-state index is 12.3. The van der Waals surface area contributed by atoms with Crippen LogP contribution in [0.4, 0.5) is 0 Å². The lowest BCUT2D eigenvalue weighted by molar-refractivity contribution is 0.0693. The van der Waals surface area contributed by atoms with Gasteiger partial charge in [-0.1, -0.05) is 47.6 Å². The Balaban J connectivity index is 1.76. The highest BCUT2D eigenvalue weighted by molar-refractivity contribution is 7.80. The standard InChI is InChI=1S/C18H15Cl2NO3S/c19-13-4-5-16(20)15(11-13)18(22)24-14-3-1-2-12(10-14)17(25)21-6-8-23-9-7-21/h1-5,10-11H,6-9H2. The van der Waals surface area contributed by atoms with Crippen molar-refractivity contribution in [3.8, 4) is 5.75 Å². The fourth-order valence-corrected chi connectivity index (χ4v) is 3.13. The van der Waals surface area contributed by atoms with Crippen LogP contribution in [0.3, 0.4) is 0 Å². The van der Waals surface area contributed by atoms with Gasteiger partial charge in [-0.3, -0.25) is 0 Å². The number of hydrogen-bond acceptors (Lipinski definition) is 4. The Morgan fingerprint density at radius 2 is 1.88 bits per heavy atom. The molecular formula is C18H15Cl2NO3S. The van der Waals surface area contributed by atoms with E-state index in [1.54, 1.807) is 30.3 Å². The molecule has 4 nitrogen and oxygen atoms in total. The summed E-state index contributed by atoms with van der Waals surface area (Å²) in [6.07, 6.45) is 0. The normalized spacial score (nSPS) is 14.2. The Morgan fingerprint density at radius 3 is 2.64 bits per heavy atom. The third-order valence-electron chi connectivity index (χ3n) is 3.74. The summed E-state index contributed by atoms with van der Waals surface area (Å²) in [6, 6.07) is 11.8. The maximum Gasteiger partial charge on any atom is 0.345 e. The van der Waals surface area contributed by atoms with Crippen LogP contribution >= 0.6 is 35.4 Å². The molecule has 0 N–H and O–H groups in total. The van der Waals surface area contributed by atoms with Gasteiger partial charge in [0.25, 0.3) is 0 Å². The summed E-state index contributed by atoms with van der Waals surface area (Å²) in [7, 11) is 0. The molecule has 0 unspecified atom stereocenters. The van der Waals surface area contributed by atoms with Crippen molar-refractivity contribution in [2.24, 2.45) is 0 Å². The summed E-state index contributed by atoms with van der Waals surface area (Å²) < 4.78 is 10.8. The fraction of sp³-hybridized carbons (Fsp3) is 0.222. The number of ether oxygens (including phenoxy) is 2. The first-order valence-corrected chi connectivity index (χ1v) is 8.85. The summed E-state index contributed by atoms with van der Waals surface area (Å²) >= 11 is 17.5. The van der Waals surface area contributed by atoms with Crippen molar-refractivity contribution in [2.75, 3.05) is 26.3 Å². The zero-order valence-corrected chi connectivity index (χ0v) is 15.5. The van der Waals surface area contributed by atoms with Gasteiger partial charge in [0.2, 0.25) is 0 Å². The smallest absolute Gasteiger partial charge is 0.345 e. The minimum absolute atomic E-state index is 0.218. The van der Waals surface area contributed by atoms with Crippen LogP contribution < -0.4 is 4.74 Å². The first kappa shape index (κ1) is 18.1. The first-order chi connectivity index (χ1) is 12.0. The molecule has 1 fully saturated rings. The highest BCUT2D eigenvalue weighted by Gasteiger charge is 2.17. The first-order valence-electron chi connectivity index (χ1n) is 7.69. The highest BCUT2D eigenvalue weighted by atomic mass is 35.5. The average Bonchev–Trinajstić information content (AvgIpc) is 2.64. The molecule has 7 heteroatoms. The summed E-state index contributed by atoms with van der Waals surface area (Å²) in [6.45, 7) is 2.81. The molecular weight excluding hydrogens is 381 g/mol. The lowest BCUT2D eigenvalue weighted by Crippen LogP contribution is -2.40. The van der Waals surface area contributed by atoms with Crippen LogP contribution in [0.2, 0.25) is 10.0 Å². The molecule has 2 aromatic rings. The lowest BCUT2D eigenvalue weighted by atomic mass is 10.2. The van der Waals surface area contributed by atoms with Gasteiger partial charge in [-0.05, 0) is 30.3 Å². The molecule has 0 aromatic heterocycles. The van der Waals surface area contributed by atoms with E-state index in [1.165, 1.54) is 6.07 Å². The Morgan fingerprint density at radius 1 is 1.12 bits per heavy atom. The van der Waals surface area contributed by atoms with E-state index in [4.69, 9.17) is 44.9 Å². The number of benzene rings is 2. The predicted octanol–water partition coefficient (Wildman–Crippen LogP) is 4.22. The van der Waals surface area contributed by atoms with Crippen LogP contribution in [0.5, 0.6) is 5.75 Å². The minimum Gasteiger partial charge on any atom is -0.423 e. The third-order valence-corrected chi connectivity index (χ3v) is 4.80. The number of esters is 1. The maximum absolute atomic E-state index is 12.3.